The number of morpholine rings is 1. The maximum absolute atomic E-state index is 11.7. The number of nitro groups is 1. The van der Waals surface area contributed by atoms with Crippen LogP contribution >= 0.6 is 0 Å². The van der Waals surface area contributed by atoms with E-state index in [4.69, 9.17) is 4.74 Å². The number of likely N-dealkylation sites (N-methyl/N-ethyl adjacent to an activating group) is 1. The lowest BCUT2D eigenvalue weighted by molar-refractivity contribution is -0.385. The summed E-state index contributed by atoms with van der Waals surface area (Å²) in [5.74, 6) is -0.720. The van der Waals surface area contributed by atoms with Gasteiger partial charge in [-0.3, -0.25) is 10.1 Å². The van der Waals surface area contributed by atoms with Crippen LogP contribution in [0.15, 0.2) is 18.2 Å². The van der Waals surface area contributed by atoms with Crippen LogP contribution in [0.5, 0.6) is 0 Å². The molecule has 2 rings (SSSR count). The van der Waals surface area contributed by atoms with Gasteiger partial charge in [0.1, 0.15) is 5.56 Å². The molecular formula is C13H16N2O5. The Morgan fingerprint density at radius 1 is 1.55 bits per heavy atom. The highest BCUT2D eigenvalue weighted by molar-refractivity contribution is 5.94. The molecule has 108 valence electrons. The molecule has 7 heteroatoms. The number of methoxy groups -OCH3 is 1. The van der Waals surface area contributed by atoms with Gasteiger partial charge in [-0.05, 0) is 24.7 Å². The van der Waals surface area contributed by atoms with Crippen molar-refractivity contribution in [3.05, 3.63) is 39.4 Å². The van der Waals surface area contributed by atoms with E-state index in [9.17, 15) is 14.9 Å². The highest BCUT2D eigenvalue weighted by Gasteiger charge is 2.25. The van der Waals surface area contributed by atoms with Crippen LogP contribution in [0, 0.1) is 10.1 Å². The Labute approximate surface area is 116 Å². The lowest BCUT2D eigenvalue weighted by Gasteiger charge is -2.30. The van der Waals surface area contributed by atoms with Crippen molar-refractivity contribution < 1.29 is 19.2 Å². The molecule has 1 unspecified atom stereocenters. The molecule has 1 aliphatic heterocycles. The number of benzene rings is 1. The van der Waals surface area contributed by atoms with E-state index in [0.717, 1.165) is 12.1 Å². The van der Waals surface area contributed by atoms with Crippen LogP contribution in [-0.4, -0.2) is 49.6 Å². The predicted octanol–water partition coefficient (Wildman–Crippen LogP) is 1.38. The first-order valence-corrected chi connectivity index (χ1v) is 6.19. The van der Waals surface area contributed by atoms with E-state index in [-0.39, 0.29) is 17.4 Å². The lowest BCUT2D eigenvalue weighted by Crippen LogP contribution is -2.35. The minimum absolute atomic E-state index is 0.0492. The van der Waals surface area contributed by atoms with Crippen LogP contribution in [-0.2, 0) is 9.47 Å². The van der Waals surface area contributed by atoms with Gasteiger partial charge >= 0.3 is 5.97 Å². The number of nitro benzene ring substituents is 1. The van der Waals surface area contributed by atoms with Crippen molar-refractivity contribution in [3.63, 3.8) is 0 Å². The third-order valence-corrected chi connectivity index (χ3v) is 3.26. The summed E-state index contributed by atoms with van der Waals surface area (Å²) in [7, 11) is 3.17. The van der Waals surface area contributed by atoms with E-state index in [1.54, 1.807) is 6.07 Å². The molecule has 0 bridgehead atoms. The van der Waals surface area contributed by atoms with E-state index in [1.165, 1.54) is 19.2 Å². The Morgan fingerprint density at radius 2 is 2.30 bits per heavy atom. The molecular weight excluding hydrogens is 264 g/mol. The van der Waals surface area contributed by atoms with Crippen molar-refractivity contribution >= 4 is 11.7 Å². The van der Waals surface area contributed by atoms with Crippen molar-refractivity contribution in [1.82, 2.24) is 4.90 Å². The predicted molar refractivity (Wildman–Crippen MR) is 70.6 cm³/mol. The number of esters is 1. The van der Waals surface area contributed by atoms with Crippen LogP contribution in [0.3, 0.4) is 0 Å². The summed E-state index contributed by atoms with van der Waals surface area (Å²) >= 11 is 0. The van der Waals surface area contributed by atoms with Crippen LogP contribution in [0.2, 0.25) is 0 Å². The quantitative estimate of drug-likeness (QED) is 0.472. The molecule has 1 fully saturated rings. The maximum atomic E-state index is 11.7. The van der Waals surface area contributed by atoms with Crippen molar-refractivity contribution in [3.8, 4) is 0 Å². The molecule has 0 saturated carbocycles. The third-order valence-electron chi connectivity index (χ3n) is 3.26. The molecule has 1 aromatic carbocycles. The normalized spacial score (nSPS) is 19.6. The summed E-state index contributed by atoms with van der Waals surface area (Å²) in [6.45, 7) is 2.11. The van der Waals surface area contributed by atoms with E-state index in [0.29, 0.717) is 13.2 Å². The molecule has 1 aliphatic rings. The summed E-state index contributed by atoms with van der Waals surface area (Å²) in [5.41, 5.74) is 0.430. The number of ether oxygens (including phenoxy) is 2. The zero-order valence-electron chi connectivity index (χ0n) is 11.4. The SMILES string of the molecule is COC(=O)c1cc(C2CN(C)CCO2)ccc1[N+](=O)[O-]. The average Bonchev–Trinajstić information content (AvgIpc) is 2.45. The monoisotopic (exact) mass is 280 g/mol. The maximum Gasteiger partial charge on any atom is 0.344 e. The fourth-order valence-electron chi connectivity index (χ4n) is 2.17. The largest absolute Gasteiger partial charge is 0.465 e. The summed E-state index contributed by atoms with van der Waals surface area (Å²) in [6.07, 6.45) is -0.196. The van der Waals surface area contributed by atoms with Crippen molar-refractivity contribution in [1.29, 1.82) is 0 Å². The van der Waals surface area contributed by atoms with Gasteiger partial charge in [0.05, 0.1) is 24.7 Å². The second kappa shape index (κ2) is 5.98. The average molecular weight is 280 g/mol. The van der Waals surface area contributed by atoms with Crippen molar-refractivity contribution in [2.24, 2.45) is 0 Å². The smallest absolute Gasteiger partial charge is 0.344 e. The van der Waals surface area contributed by atoms with Crippen LogP contribution < -0.4 is 0 Å². The topological polar surface area (TPSA) is 81.9 Å². The summed E-state index contributed by atoms with van der Waals surface area (Å²) in [6, 6.07) is 4.42. The Morgan fingerprint density at radius 3 is 2.90 bits per heavy atom. The van der Waals surface area contributed by atoms with Gasteiger partial charge in [-0.2, -0.15) is 0 Å². The van der Waals surface area contributed by atoms with Gasteiger partial charge in [0, 0.05) is 19.2 Å². The van der Waals surface area contributed by atoms with Gasteiger partial charge in [-0.15, -0.1) is 0 Å². The first-order chi connectivity index (χ1) is 9.52. The fourth-order valence-corrected chi connectivity index (χ4v) is 2.17. The number of hydrogen-bond donors (Lipinski definition) is 0. The van der Waals surface area contributed by atoms with Crippen LogP contribution in [0.4, 0.5) is 5.69 Å². The molecule has 0 aromatic heterocycles. The number of carbonyl (C=O) groups excluding carboxylic acids is 1. The molecule has 1 aromatic rings. The Bertz CT molecular complexity index is 531. The highest BCUT2D eigenvalue weighted by atomic mass is 16.6. The first kappa shape index (κ1) is 14.4. The second-order valence-corrected chi connectivity index (χ2v) is 4.65. The molecule has 0 amide bonds. The molecule has 0 radical (unpaired) electrons. The molecule has 0 spiro atoms. The Kier molecular flexibility index (Phi) is 4.31. The fraction of sp³-hybridized carbons (Fsp3) is 0.462. The molecule has 0 N–H and O–H groups in total. The number of nitrogens with zero attached hydrogens (tertiary/aromatic N) is 2. The van der Waals surface area contributed by atoms with Crippen molar-refractivity contribution in [2.75, 3.05) is 33.9 Å². The molecule has 1 heterocycles. The Hall–Kier alpha value is -1.99. The molecule has 7 nitrogen and oxygen atoms in total. The van der Waals surface area contributed by atoms with Gasteiger partial charge in [0.2, 0.25) is 0 Å². The standard InChI is InChI=1S/C13H16N2O5/c1-14-5-6-20-12(8-14)9-3-4-11(15(17)18)10(7-9)13(16)19-2/h3-4,7,12H,5-6,8H2,1-2H3. The van der Waals surface area contributed by atoms with Crippen molar-refractivity contribution in [2.45, 2.75) is 6.10 Å². The van der Waals surface area contributed by atoms with Gasteiger partial charge in [0.15, 0.2) is 0 Å². The van der Waals surface area contributed by atoms with Gasteiger partial charge in [-0.1, -0.05) is 0 Å². The highest BCUT2D eigenvalue weighted by Crippen LogP contribution is 2.27. The lowest BCUT2D eigenvalue weighted by atomic mass is 10.0. The number of rotatable bonds is 3. The van der Waals surface area contributed by atoms with Gasteiger partial charge < -0.3 is 14.4 Å². The third kappa shape index (κ3) is 2.94. The van der Waals surface area contributed by atoms with E-state index >= 15 is 0 Å². The first-order valence-electron chi connectivity index (χ1n) is 6.19. The summed E-state index contributed by atoms with van der Waals surface area (Å²) in [5, 5.41) is 10.9. The van der Waals surface area contributed by atoms with Crippen LogP contribution in [0.1, 0.15) is 22.0 Å². The van der Waals surface area contributed by atoms with E-state index in [1.807, 2.05) is 7.05 Å². The number of hydrogen-bond acceptors (Lipinski definition) is 6. The van der Waals surface area contributed by atoms with Crippen LogP contribution in [0.25, 0.3) is 0 Å². The molecule has 1 atom stereocenters. The minimum Gasteiger partial charge on any atom is -0.465 e. The van der Waals surface area contributed by atoms with E-state index in [2.05, 4.69) is 9.64 Å². The molecule has 0 aliphatic carbocycles. The zero-order valence-corrected chi connectivity index (χ0v) is 11.4. The minimum atomic E-state index is -0.720. The summed E-state index contributed by atoms with van der Waals surface area (Å²) < 4.78 is 10.2. The van der Waals surface area contributed by atoms with E-state index < -0.39 is 10.9 Å². The second-order valence-electron chi connectivity index (χ2n) is 4.65. The number of carbonyl (C=O) groups is 1. The Balaban J connectivity index is 2.36. The van der Waals surface area contributed by atoms with Gasteiger partial charge in [-0.25, -0.2) is 4.79 Å². The molecule has 20 heavy (non-hydrogen) atoms. The zero-order chi connectivity index (χ0) is 14.7. The van der Waals surface area contributed by atoms with Gasteiger partial charge in [0.25, 0.3) is 5.69 Å². The molecule has 1 saturated heterocycles. The summed E-state index contributed by atoms with van der Waals surface area (Å²) in [4.78, 5) is 24.1.